The Balaban J connectivity index is 6.28. The fourth-order valence-corrected chi connectivity index (χ4v) is 6.55. The zero-order chi connectivity index (χ0) is 55.2. The minimum atomic E-state index is -1.93. The average molecular weight is 1020 g/mol. The standard InChI is InChI=1S/C44H77N11O16/c1-12-21(8)33(42(68)48-23(10)35(61)53-32(20(6)7)44(70)71)54-41(67)29(16-31(59)60)52-43(69)34(24(11)57)55-36(62)22(9)47-38(64)28(15-30(46)58)51-40(66)27(14-19(4)5)50-39(65)26(13-18(2)3)49-37(63)25(45)17-56/h18-29,32-34,56-57H,12-17,45H2,1-11H3,(H2,46,58)(H,47,64)(H,48,68)(H,49,63)(H,50,65)(H,51,66)(H,52,69)(H,53,61)(H,54,67)(H,55,62)(H,59,60)(H,70,71)/t21-,22-,23-,24+,25-,26-,27-,28-,29-,32-,33-,34-/m0/s1. The van der Waals surface area contributed by atoms with Gasteiger partial charge in [0.25, 0.3) is 0 Å². The van der Waals surface area contributed by atoms with Gasteiger partial charge in [-0.2, -0.15) is 0 Å². The van der Waals surface area contributed by atoms with E-state index in [1.165, 1.54) is 6.92 Å². The number of carbonyl (C=O) groups is 12. The van der Waals surface area contributed by atoms with Crippen molar-refractivity contribution in [1.29, 1.82) is 0 Å². The van der Waals surface area contributed by atoms with Crippen molar-refractivity contribution in [3.63, 3.8) is 0 Å². The molecule has 0 unspecified atom stereocenters. The summed E-state index contributed by atoms with van der Waals surface area (Å²) < 4.78 is 0. The number of hydrogen-bond acceptors (Lipinski definition) is 15. The molecule has 0 radical (unpaired) electrons. The Hall–Kier alpha value is -6.48. The predicted octanol–water partition coefficient (Wildman–Crippen LogP) is -4.68. The molecule has 27 nitrogen and oxygen atoms in total. The van der Waals surface area contributed by atoms with Crippen molar-refractivity contribution in [2.75, 3.05) is 6.61 Å². The number of carbonyl (C=O) groups excluding carboxylic acids is 10. The van der Waals surface area contributed by atoms with Crippen LogP contribution < -0.4 is 59.3 Å². The Bertz CT molecular complexity index is 1900. The van der Waals surface area contributed by atoms with E-state index in [4.69, 9.17) is 11.5 Å². The van der Waals surface area contributed by atoms with Gasteiger partial charge in [-0.05, 0) is 57.3 Å². The first-order chi connectivity index (χ1) is 32.8. The molecule has 0 rings (SSSR count). The van der Waals surface area contributed by atoms with Gasteiger partial charge >= 0.3 is 11.9 Å². The van der Waals surface area contributed by atoms with Gasteiger partial charge in [0, 0.05) is 0 Å². The first kappa shape index (κ1) is 64.5. The Morgan fingerprint density at radius 2 is 0.831 bits per heavy atom. The van der Waals surface area contributed by atoms with Crippen LogP contribution in [0.25, 0.3) is 0 Å². The van der Waals surface area contributed by atoms with E-state index in [0.29, 0.717) is 0 Å². The van der Waals surface area contributed by atoms with Crippen molar-refractivity contribution in [3.8, 4) is 0 Å². The first-order valence-corrected chi connectivity index (χ1v) is 23.3. The number of hydrogen-bond donors (Lipinski definition) is 15. The van der Waals surface area contributed by atoms with Gasteiger partial charge in [0.15, 0.2) is 0 Å². The first-order valence-electron chi connectivity index (χ1n) is 23.3. The van der Waals surface area contributed by atoms with Crippen molar-refractivity contribution >= 4 is 71.0 Å². The third-order valence-corrected chi connectivity index (χ3v) is 10.9. The molecule has 0 bridgehead atoms. The lowest BCUT2D eigenvalue weighted by atomic mass is 9.97. The van der Waals surface area contributed by atoms with Gasteiger partial charge in [0.2, 0.25) is 59.1 Å². The molecule has 71 heavy (non-hydrogen) atoms. The molecule has 17 N–H and O–H groups in total. The number of aliphatic hydroxyl groups is 2. The molecule has 0 aromatic rings. The highest BCUT2D eigenvalue weighted by molar-refractivity contribution is 6.00. The third kappa shape index (κ3) is 23.3. The van der Waals surface area contributed by atoms with E-state index in [0.717, 1.165) is 13.8 Å². The van der Waals surface area contributed by atoms with E-state index in [-0.39, 0.29) is 31.1 Å². The van der Waals surface area contributed by atoms with Crippen LogP contribution in [0.4, 0.5) is 0 Å². The van der Waals surface area contributed by atoms with Gasteiger partial charge in [-0.1, -0.05) is 61.8 Å². The van der Waals surface area contributed by atoms with Gasteiger partial charge < -0.3 is 79.7 Å². The second-order valence-electron chi connectivity index (χ2n) is 18.7. The molecule has 0 heterocycles. The minimum Gasteiger partial charge on any atom is -0.481 e. The predicted molar refractivity (Wildman–Crippen MR) is 252 cm³/mol. The largest absolute Gasteiger partial charge is 0.481 e. The van der Waals surface area contributed by atoms with Crippen molar-refractivity contribution in [2.45, 2.75) is 175 Å². The highest BCUT2D eigenvalue weighted by atomic mass is 16.4. The smallest absolute Gasteiger partial charge is 0.326 e. The molecule has 0 aliphatic carbocycles. The van der Waals surface area contributed by atoms with E-state index in [1.807, 2.05) is 0 Å². The Morgan fingerprint density at radius 3 is 1.23 bits per heavy atom. The van der Waals surface area contributed by atoms with Crippen LogP contribution in [0.2, 0.25) is 0 Å². The topological polar surface area (TPSA) is 446 Å². The molecular weight excluding hydrogens is 939 g/mol. The van der Waals surface area contributed by atoms with Gasteiger partial charge in [0.05, 0.1) is 25.6 Å². The SMILES string of the molecule is CC[C@H](C)[C@H](NC(=O)[C@H](CC(=O)O)NC(=O)[C@@H](NC(=O)[C@H](C)NC(=O)[C@H](CC(N)=O)NC(=O)[C@H](CC(C)C)NC(=O)[C@H](CC(C)C)NC(=O)[C@@H](N)CO)[C@@H](C)O)C(=O)N[C@@H](C)C(=O)N[C@H](C(=O)O)C(C)C. The van der Waals surface area contributed by atoms with Gasteiger partial charge in [-0.25, -0.2) is 4.79 Å². The zero-order valence-corrected chi connectivity index (χ0v) is 42.2. The van der Waals surface area contributed by atoms with Crippen LogP contribution >= 0.6 is 0 Å². The average Bonchev–Trinajstić information content (AvgIpc) is 3.25. The Kier molecular flexibility index (Phi) is 28.2. The lowest BCUT2D eigenvalue weighted by Gasteiger charge is -2.29. The highest BCUT2D eigenvalue weighted by Crippen LogP contribution is 2.12. The maximum Gasteiger partial charge on any atom is 0.326 e. The number of rotatable bonds is 32. The number of carboxylic acids is 2. The van der Waals surface area contributed by atoms with Gasteiger partial charge in [-0.15, -0.1) is 0 Å². The lowest BCUT2D eigenvalue weighted by Crippen LogP contribution is -2.62. The van der Waals surface area contributed by atoms with Crippen molar-refractivity contribution in [1.82, 2.24) is 47.9 Å². The van der Waals surface area contributed by atoms with Crippen LogP contribution in [0.3, 0.4) is 0 Å². The number of nitrogens with two attached hydrogens (primary N) is 2. The summed E-state index contributed by atoms with van der Waals surface area (Å²) in [7, 11) is 0. The number of primary amides is 1. The fourth-order valence-electron chi connectivity index (χ4n) is 6.55. The molecule has 27 heteroatoms. The zero-order valence-electron chi connectivity index (χ0n) is 42.2. The molecule has 0 spiro atoms. The summed E-state index contributed by atoms with van der Waals surface area (Å²) in [4.78, 5) is 155. The number of aliphatic carboxylic acids is 2. The summed E-state index contributed by atoms with van der Waals surface area (Å²) in [6, 6.07) is -15.0. The van der Waals surface area contributed by atoms with Gasteiger partial charge in [0.1, 0.15) is 60.4 Å². The number of carboxylic acid groups (broad SMARTS) is 2. The summed E-state index contributed by atoms with van der Waals surface area (Å²) in [5.41, 5.74) is 11.0. The van der Waals surface area contributed by atoms with Crippen LogP contribution in [0.5, 0.6) is 0 Å². The Labute approximate surface area is 412 Å². The molecule has 0 aromatic carbocycles. The second kappa shape index (κ2) is 31.0. The van der Waals surface area contributed by atoms with E-state index in [1.54, 1.807) is 55.4 Å². The van der Waals surface area contributed by atoms with Crippen LogP contribution in [0.15, 0.2) is 0 Å². The molecule has 0 saturated carbocycles. The molecule has 0 saturated heterocycles. The molecular formula is C44H77N11O16. The number of aliphatic hydroxyl groups excluding tert-OH is 2. The van der Waals surface area contributed by atoms with Crippen LogP contribution in [0.1, 0.15) is 108 Å². The molecule has 404 valence electrons. The van der Waals surface area contributed by atoms with E-state index < -0.39 is 169 Å². The molecule has 12 atom stereocenters. The lowest BCUT2D eigenvalue weighted by molar-refractivity contribution is -0.143. The monoisotopic (exact) mass is 1020 g/mol. The third-order valence-electron chi connectivity index (χ3n) is 10.9. The fraction of sp³-hybridized carbons (Fsp3) is 0.727. The van der Waals surface area contributed by atoms with Crippen molar-refractivity contribution in [3.05, 3.63) is 0 Å². The minimum absolute atomic E-state index is 0.00127. The normalized spacial score (nSPS) is 16.4. The molecule has 0 fully saturated rings. The highest BCUT2D eigenvalue weighted by Gasteiger charge is 2.37. The maximum absolute atomic E-state index is 13.7. The summed E-state index contributed by atoms with van der Waals surface area (Å²) in [5.74, 6) is -14.6. The van der Waals surface area contributed by atoms with Crippen molar-refractivity contribution in [2.24, 2.45) is 35.1 Å². The molecule has 0 aliphatic heterocycles. The van der Waals surface area contributed by atoms with Crippen LogP contribution in [-0.4, -0.2) is 165 Å². The van der Waals surface area contributed by atoms with E-state index >= 15 is 0 Å². The van der Waals surface area contributed by atoms with Crippen LogP contribution in [0, 0.1) is 23.7 Å². The summed E-state index contributed by atoms with van der Waals surface area (Å²) >= 11 is 0. The Morgan fingerprint density at radius 1 is 0.465 bits per heavy atom. The number of nitrogens with one attached hydrogen (secondary N) is 9. The molecule has 0 aromatic heterocycles. The van der Waals surface area contributed by atoms with Crippen LogP contribution in [-0.2, 0) is 57.5 Å². The van der Waals surface area contributed by atoms with E-state index in [2.05, 4.69) is 47.9 Å². The summed E-state index contributed by atoms with van der Waals surface area (Å²) in [5, 5.41) is 59.9. The molecule has 0 aliphatic rings. The summed E-state index contributed by atoms with van der Waals surface area (Å²) in [6.45, 7) is 16.1. The quantitative estimate of drug-likeness (QED) is 0.0301. The molecule has 10 amide bonds. The number of amides is 10. The summed E-state index contributed by atoms with van der Waals surface area (Å²) in [6.07, 6.45) is -3.21. The second-order valence-corrected chi connectivity index (χ2v) is 18.7. The van der Waals surface area contributed by atoms with E-state index in [9.17, 15) is 78.0 Å². The van der Waals surface area contributed by atoms with Gasteiger partial charge in [-0.3, -0.25) is 52.7 Å². The van der Waals surface area contributed by atoms with Crippen molar-refractivity contribution < 1.29 is 78.0 Å². The maximum atomic E-state index is 13.7.